The summed E-state index contributed by atoms with van der Waals surface area (Å²) in [7, 11) is 0. The second kappa shape index (κ2) is 6.65. The van der Waals surface area contributed by atoms with Gasteiger partial charge in [-0.25, -0.2) is 4.98 Å². The zero-order valence-electron chi connectivity index (χ0n) is 16.0. The van der Waals surface area contributed by atoms with E-state index in [2.05, 4.69) is 98.8 Å². The number of benzene rings is 4. The number of hydrogen-bond donors (Lipinski definition) is 0. The lowest BCUT2D eigenvalue weighted by atomic mass is 9.91. The number of hydrogen-bond acceptors (Lipinski definition) is 2. The molecule has 2 heteroatoms. The standard InChI is InChI=1S/C26H21NO/c1-17(2)26-27-23-16-22(19-12-7-4-8-13-19)24-20(18-10-5-3-6-11-18)14-9-15-21(24)25(23)28-26/h3-17H,1-2H3. The summed E-state index contributed by atoms with van der Waals surface area (Å²) in [6, 6.07) is 29.7. The van der Waals surface area contributed by atoms with Gasteiger partial charge in [0.25, 0.3) is 0 Å². The molecule has 0 bridgehead atoms. The Morgan fingerprint density at radius 3 is 2.00 bits per heavy atom. The first-order valence-electron chi connectivity index (χ1n) is 9.69. The molecule has 0 amide bonds. The Balaban J connectivity index is 1.94. The van der Waals surface area contributed by atoms with Crippen LogP contribution in [0.15, 0.2) is 89.3 Å². The Hall–Kier alpha value is -3.39. The molecule has 0 fully saturated rings. The molecule has 0 N–H and O–H groups in total. The Kier molecular flexibility index (Phi) is 3.98. The number of aromatic nitrogens is 1. The summed E-state index contributed by atoms with van der Waals surface area (Å²) in [4.78, 5) is 4.78. The molecule has 1 aromatic heterocycles. The molecule has 2 nitrogen and oxygen atoms in total. The Bertz CT molecular complexity index is 1270. The summed E-state index contributed by atoms with van der Waals surface area (Å²) >= 11 is 0. The summed E-state index contributed by atoms with van der Waals surface area (Å²) in [6.07, 6.45) is 0. The second-order valence-corrected chi connectivity index (χ2v) is 7.44. The molecule has 0 saturated carbocycles. The van der Waals surface area contributed by atoms with Crippen molar-refractivity contribution in [2.24, 2.45) is 0 Å². The molecular weight excluding hydrogens is 342 g/mol. The lowest BCUT2D eigenvalue weighted by Crippen LogP contribution is -1.88. The van der Waals surface area contributed by atoms with Crippen molar-refractivity contribution in [1.29, 1.82) is 0 Å². The van der Waals surface area contributed by atoms with E-state index in [1.807, 2.05) is 0 Å². The maximum Gasteiger partial charge on any atom is 0.198 e. The number of oxazole rings is 1. The molecule has 0 aliphatic carbocycles. The first kappa shape index (κ1) is 16.8. The van der Waals surface area contributed by atoms with Crippen LogP contribution < -0.4 is 0 Å². The molecular formula is C26H21NO. The van der Waals surface area contributed by atoms with Crippen molar-refractivity contribution < 1.29 is 4.42 Å². The molecule has 0 aliphatic rings. The summed E-state index contributed by atoms with van der Waals surface area (Å²) in [5.41, 5.74) is 6.57. The van der Waals surface area contributed by atoms with Gasteiger partial charge in [-0.05, 0) is 28.3 Å². The molecule has 4 aromatic carbocycles. The van der Waals surface area contributed by atoms with Gasteiger partial charge in [-0.15, -0.1) is 0 Å². The molecule has 0 atom stereocenters. The van der Waals surface area contributed by atoms with Gasteiger partial charge >= 0.3 is 0 Å². The molecule has 1 heterocycles. The third-order valence-electron chi connectivity index (χ3n) is 5.19. The van der Waals surface area contributed by atoms with Gasteiger partial charge in [-0.2, -0.15) is 0 Å². The van der Waals surface area contributed by atoms with Crippen LogP contribution in [0.25, 0.3) is 44.1 Å². The van der Waals surface area contributed by atoms with E-state index in [-0.39, 0.29) is 5.92 Å². The zero-order valence-corrected chi connectivity index (χ0v) is 16.0. The van der Waals surface area contributed by atoms with Crippen molar-refractivity contribution >= 4 is 21.9 Å². The van der Waals surface area contributed by atoms with Crippen molar-refractivity contribution in [3.8, 4) is 22.3 Å². The Labute approximate surface area is 164 Å². The van der Waals surface area contributed by atoms with Crippen LogP contribution in [0, 0.1) is 0 Å². The topological polar surface area (TPSA) is 26.0 Å². The first-order chi connectivity index (χ1) is 13.7. The second-order valence-electron chi connectivity index (χ2n) is 7.44. The fraction of sp³-hybridized carbons (Fsp3) is 0.115. The van der Waals surface area contributed by atoms with E-state index in [9.17, 15) is 0 Å². The van der Waals surface area contributed by atoms with Gasteiger partial charge in [0.2, 0.25) is 0 Å². The molecule has 136 valence electrons. The fourth-order valence-electron chi connectivity index (χ4n) is 3.83. The van der Waals surface area contributed by atoms with E-state index in [0.29, 0.717) is 0 Å². The van der Waals surface area contributed by atoms with Crippen LogP contribution in [-0.2, 0) is 0 Å². The average Bonchev–Trinajstić information content (AvgIpc) is 3.19. The smallest absolute Gasteiger partial charge is 0.198 e. The van der Waals surface area contributed by atoms with E-state index < -0.39 is 0 Å². The molecule has 0 spiro atoms. The van der Waals surface area contributed by atoms with E-state index in [0.717, 1.165) is 22.4 Å². The monoisotopic (exact) mass is 363 g/mol. The largest absolute Gasteiger partial charge is 0.440 e. The van der Waals surface area contributed by atoms with Crippen LogP contribution in [0.4, 0.5) is 0 Å². The minimum atomic E-state index is 0.250. The van der Waals surface area contributed by atoms with Gasteiger partial charge in [0.1, 0.15) is 5.52 Å². The average molecular weight is 363 g/mol. The SMILES string of the molecule is CC(C)c1nc2cc(-c3ccccc3)c3c(-c4ccccc4)cccc3c2o1. The minimum absolute atomic E-state index is 0.250. The van der Waals surface area contributed by atoms with Crippen molar-refractivity contribution in [1.82, 2.24) is 4.98 Å². The van der Waals surface area contributed by atoms with Crippen LogP contribution in [0.1, 0.15) is 25.7 Å². The number of nitrogens with zero attached hydrogens (tertiary/aromatic N) is 1. The normalized spacial score (nSPS) is 11.5. The molecule has 0 saturated heterocycles. The number of fused-ring (bicyclic) bond motifs is 3. The highest BCUT2D eigenvalue weighted by atomic mass is 16.3. The van der Waals surface area contributed by atoms with Gasteiger partial charge in [-0.1, -0.05) is 92.7 Å². The summed E-state index contributed by atoms with van der Waals surface area (Å²) < 4.78 is 6.21. The highest BCUT2D eigenvalue weighted by Gasteiger charge is 2.18. The third kappa shape index (κ3) is 2.69. The molecule has 0 aliphatic heterocycles. The minimum Gasteiger partial charge on any atom is -0.440 e. The molecule has 28 heavy (non-hydrogen) atoms. The van der Waals surface area contributed by atoms with E-state index in [1.54, 1.807) is 0 Å². The van der Waals surface area contributed by atoms with Gasteiger partial charge in [0.05, 0.1) is 0 Å². The predicted octanol–water partition coefficient (Wildman–Crippen LogP) is 7.44. The van der Waals surface area contributed by atoms with Crippen molar-refractivity contribution in [3.05, 3.63) is 90.8 Å². The lowest BCUT2D eigenvalue weighted by Gasteiger charge is -2.13. The van der Waals surface area contributed by atoms with Gasteiger partial charge in [0.15, 0.2) is 11.5 Å². The molecule has 0 radical (unpaired) electrons. The maximum absolute atomic E-state index is 6.21. The van der Waals surface area contributed by atoms with Crippen LogP contribution in [-0.4, -0.2) is 4.98 Å². The summed E-state index contributed by atoms with van der Waals surface area (Å²) in [5.74, 6) is 1.03. The number of rotatable bonds is 3. The van der Waals surface area contributed by atoms with E-state index in [1.165, 1.54) is 27.6 Å². The van der Waals surface area contributed by atoms with E-state index in [4.69, 9.17) is 9.40 Å². The van der Waals surface area contributed by atoms with Crippen molar-refractivity contribution in [2.75, 3.05) is 0 Å². The summed E-state index contributed by atoms with van der Waals surface area (Å²) in [5, 5.41) is 2.32. The van der Waals surface area contributed by atoms with Crippen LogP contribution >= 0.6 is 0 Å². The quantitative estimate of drug-likeness (QED) is 0.333. The zero-order chi connectivity index (χ0) is 19.1. The lowest BCUT2D eigenvalue weighted by molar-refractivity contribution is 0.503. The van der Waals surface area contributed by atoms with Gasteiger partial charge in [-0.3, -0.25) is 0 Å². The van der Waals surface area contributed by atoms with Gasteiger partial charge in [0, 0.05) is 16.7 Å². The van der Waals surface area contributed by atoms with Gasteiger partial charge < -0.3 is 4.42 Å². The van der Waals surface area contributed by atoms with Crippen LogP contribution in [0.3, 0.4) is 0 Å². The maximum atomic E-state index is 6.21. The summed E-state index contributed by atoms with van der Waals surface area (Å²) in [6.45, 7) is 4.22. The Morgan fingerprint density at radius 2 is 1.36 bits per heavy atom. The first-order valence-corrected chi connectivity index (χ1v) is 9.69. The molecule has 0 unspecified atom stereocenters. The predicted molar refractivity (Wildman–Crippen MR) is 116 cm³/mol. The Morgan fingerprint density at radius 1 is 0.714 bits per heavy atom. The van der Waals surface area contributed by atoms with Crippen LogP contribution in [0.5, 0.6) is 0 Å². The van der Waals surface area contributed by atoms with Crippen molar-refractivity contribution in [3.63, 3.8) is 0 Å². The van der Waals surface area contributed by atoms with E-state index >= 15 is 0 Å². The third-order valence-corrected chi connectivity index (χ3v) is 5.19. The molecule has 5 aromatic rings. The fourth-order valence-corrected chi connectivity index (χ4v) is 3.83. The highest BCUT2D eigenvalue weighted by Crippen LogP contribution is 2.41. The highest BCUT2D eigenvalue weighted by molar-refractivity contribution is 6.16. The van der Waals surface area contributed by atoms with Crippen LogP contribution in [0.2, 0.25) is 0 Å². The molecule has 5 rings (SSSR count). The van der Waals surface area contributed by atoms with Crippen molar-refractivity contribution in [2.45, 2.75) is 19.8 Å².